The molecule has 0 atom stereocenters. The molecule has 0 fully saturated rings. The zero-order chi connectivity index (χ0) is 16.2. The zero-order valence-corrected chi connectivity index (χ0v) is 13.2. The van der Waals surface area contributed by atoms with E-state index in [2.05, 4.69) is 81.3 Å². The fourth-order valence-electron chi connectivity index (χ4n) is 2.84. The average Bonchev–Trinajstić information content (AvgIpc) is 3.14. The standard InChI is InChI=1S/C21H17N3/c1-3-8-18(9-4-1)23-17-7-12-21(23)24(19-10-5-2-6-11-19)20-13-15-22-16-14-20/h1-17H. The van der Waals surface area contributed by atoms with E-state index >= 15 is 0 Å². The number of nitrogens with zero attached hydrogens (tertiary/aromatic N) is 3. The molecule has 2 aromatic heterocycles. The Bertz CT molecular complexity index is 860. The van der Waals surface area contributed by atoms with Gasteiger partial charge in [0.05, 0.1) is 5.69 Å². The quantitative estimate of drug-likeness (QED) is 0.507. The Morgan fingerprint density at radius 1 is 0.625 bits per heavy atom. The summed E-state index contributed by atoms with van der Waals surface area (Å²) in [7, 11) is 0. The van der Waals surface area contributed by atoms with E-state index in [1.54, 1.807) is 0 Å². The van der Waals surface area contributed by atoms with Crippen LogP contribution < -0.4 is 4.90 Å². The summed E-state index contributed by atoms with van der Waals surface area (Å²) in [5.41, 5.74) is 3.32. The molecule has 0 amide bonds. The molecular weight excluding hydrogens is 294 g/mol. The van der Waals surface area contributed by atoms with E-state index in [0.717, 1.165) is 22.9 Å². The third-order valence-electron chi connectivity index (χ3n) is 3.93. The molecule has 0 saturated heterocycles. The first-order valence-electron chi connectivity index (χ1n) is 7.91. The smallest absolute Gasteiger partial charge is 0.122 e. The molecule has 24 heavy (non-hydrogen) atoms. The van der Waals surface area contributed by atoms with Gasteiger partial charge in [0.15, 0.2) is 0 Å². The van der Waals surface area contributed by atoms with Gasteiger partial charge < -0.3 is 4.57 Å². The lowest BCUT2D eigenvalue weighted by Gasteiger charge is -2.26. The van der Waals surface area contributed by atoms with E-state index < -0.39 is 0 Å². The van der Waals surface area contributed by atoms with Gasteiger partial charge in [-0.1, -0.05) is 36.4 Å². The maximum absolute atomic E-state index is 4.15. The number of hydrogen-bond acceptors (Lipinski definition) is 2. The molecule has 0 aliphatic heterocycles. The summed E-state index contributed by atoms with van der Waals surface area (Å²) >= 11 is 0. The van der Waals surface area contributed by atoms with Crippen LogP contribution in [0, 0.1) is 0 Å². The fourth-order valence-corrected chi connectivity index (χ4v) is 2.84. The van der Waals surface area contributed by atoms with Gasteiger partial charge in [0, 0.05) is 30.0 Å². The number of benzene rings is 2. The van der Waals surface area contributed by atoms with Crippen LogP contribution in [-0.4, -0.2) is 9.55 Å². The van der Waals surface area contributed by atoms with Crippen molar-refractivity contribution in [2.75, 3.05) is 4.90 Å². The van der Waals surface area contributed by atoms with Crippen LogP contribution in [0.4, 0.5) is 17.2 Å². The van der Waals surface area contributed by atoms with Gasteiger partial charge in [0.2, 0.25) is 0 Å². The van der Waals surface area contributed by atoms with Crippen LogP contribution in [0.2, 0.25) is 0 Å². The summed E-state index contributed by atoms with van der Waals surface area (Å²) in [5.74, 6) is 1.08. The number of anilines is 3. The van der Waals surface area contributed by atoms with E-state index in [4.69, 9.17) is 0 Å². The van der Waals surface area contributed by atoms with Crippen molar-refractivity contribution in [3.8, 4) is 5.69 Å². The van der Waals surface area contributed by atoms with E-state index in [1.165, 1.54) is 0 Å². The lowest BCUT2D eigenvalue weighted by Crippen LogP contribution is -2.13. The second-order valence-corrected chi connectivity index (χ2v) is 5.45. The van der Waals surface area contributed by atoms with Gasteiger partial charge in [-0.15, -0.1) is 0 Å². The van der Waals surface area contributed by atoms with Gasteiger partial charge in [0.25, 0.3) is 0 Å². The minimum Gasteiger partial charge on any atom is -0.303 e. The van der Waals surface area contributed by atoms with Gasteiger partial charge in [0.1, 0.15) is 5.82 Å². The minimum atomic E-state index is 1.08. The maximum Gasteiger partial charge on any atom is 0.122 e. The van der Waals surface area contributed by atoms with Gasteiger partial charge >= 0.3 is 0 Å². The molecule has 4 aromatic rings. The molecule has 2 heterocycles. The van der Waals surface area contributed by atoms with Gasteiger partial charge in [-0.25, -0.2) is 0 Å². The number of pyridine rings is 1. The van der Waals surface area contributed by atoms with Gasteiger partial charge in [-0.2, -0.15) is 0 Å². The lowest BCUT2D eigenvalue weighted by atomic mass is 10.2. The molecule has 0 spiro atoms. The molecule has 0 aliphatic carbocycles. The first kappa shape index (κ1) is 14.3. The fraction of sp³-hybridized carbons (Fsp3) is 0. The van der Waals surface area contributed by atoms with Crippen LogP contribution in [0.15, 0.2) is 104 Å². The summed E-state index contributed by atoms with van der Waals surface area (Å²) in [6.45, 7) is 0. The highest BCUT2D eigenvalue weighted by atomic mass is 15.2. The second kappa shape index (κ2) is 6.42. The summed E-state index contributed by atoms with van der Waals surface area (Å²) in [5, 5.41) is 0. The highest BCUT2D eigenvalue weighted by Crippen LogP contribution is 2.35. The summed E-state index contributed by atoms with van der Waals surface area (Å²) < 4.78 is 2.19. The molecule has 3 heteroatoms. The summed E-state index contributed by atoms with van der Waals surface area (Å²) in [6.07, 6.45) is 5.73. The predicted octanol–water partition coefficient (Wildman–Crippen LogP) is 5.34. The third kappa shape index (κ3) is 2.68. The largest absolute Gasteiger partial charge is 0.303 e. The Kier molecular flexibility index (Phi) is 3.82. The van der Waals surface area contributed by atoms with Crippen molar-refractivity contribution in [3.63, 3.8) is 0 Å². The van der Waals surface area contributed by atoms with Crippen molar-refractivity contribution >= 4 is 17.2 Å². The van der Waals surface area contributed by atoms with Crippen molar-refractivity contribution in [2.24, 2.45) is 0 Å². The van der Waals surface area contributed by atoms with Crippen LogP contribution in [-0.2, 0) is 0 Å². The molecule has 0 unspecified atom stereocenters. The maximum atomic E-state index is 4.15. The van der Waals surface area contributed by atoms with Crippen molar-refractivity contribution in [3.05, 3.63) is 104 Å². The molecule has 0 bridgehead atoms. The Morgan fingerprint density at radius 3 is 1.96 bits per heavy atom. The first-order chi connectivity index (χ1) is 11.9. The molecule has 0 aliphatic rings. The Balaban J connectivity index is 1.89. The summed E-state index contributed by atoms with van der Waals surface area (Å²) in [6, 6.07) is 29.0. The normalized spacial score (nSPS) is 10.5. The van der Waals surface area contributed by atoms with Crippen molar-refractivity contribution in [1.82, 2.24) is 9.55 Å². The average molecular weight is 311 g/mol. The Labute approximate surface area is 141 Å². The van der Waals surface area contributed by atoms with Crippen LogP contribution in [0.3, 0.4) is 0 Å². The molecule has 0 N–H and O–H groups in total. The van der Waals surface area contributed by atoms with E-state index in [0.29, 0.717) is 0 Å². The zero-order valence-electron chi connectivity index (χ0n) is 13.2. The molecule has 116 valence electrons. The van der Waals surface area contributed by atoms with Gasteiger partial charge in [-0.3, -0.25) is 9.88 Å². The van der Waals surface area contributed by atoms with Crippen molar-refractivity contribution in [2.45, 2.75) is 0 Å². The van der Waals surface area contributed by atoms with E-state index in [-0.39, 0.29) is 0 Å². The second-order valence-electron chi connectivity index (χ2n) is 5.45. The van der Waals surface area contributed by atoms with Crippen LogP contribution in [0.5, 0.6) is 0 Å². The van der Waals surface area contributed by atoms with Crippen LogP contribution >= 0.6 is 0 Å². The van der Waals surface area contributed by atoms with Crippen molar-refractivity contribution in [1.29, 1.82) is 0 Å². The molecular formula is C21H17N3. The Hall–Kier alpha value is -3.33. The monoisotopic (exact) mass is 311 g/mol. The number of para-hydroxylation sites is 2. The molecule has 4 rings (SSSR count). The first-order valence-corrected chi connectivity index (χ1v) is 7.91. The molecule has 0 radical (unpaired) electrons. The van der Waals surface area contributed by atoms with Crippen molar-refractivity contribution < 1.29 is 0 Å². The highest BCUT2D eigenvalue weighted by Gasteiger charge is 2.16. The van der Waals surface area contributed by atoms with E-state index in [9.17, 15) is 0 Å². The molecule has 0 saturated carbocycles. The SMILES string of the molecule is c1ccc(N(c2ccncc2)c2cccn2-c2ccccc2)cc1. The Morgan fingerprint density at radius 2 is 1.25 bits per heavy atom. The van der Waals surface area contributed by atoms with Crippen LogP contribution in [0.1, 0.15) is 0 Å². The van der Waals surface area contributed by atoms with Gasteiger partial charge in [-0.05, 0) is 48.5 Å². The topological polar surface area (TPSA) is 21.1 Å². The summed E-state index contributed by atoms with van der Waals surface area (Å²) in [4.78, 5) is 6.38. The third-order valence-corrected chi connectivity index (χ3v) is 3.93. The number of aromatic nitrogens is 2. The van der Waals surface area contributed by atoms with Crippen LogP contribution in [0.25, 0.3) is 5.69 Å². The molecule has 3 nitrogen and oxygen atoms in total. The van der Waals surface area contributed by atoms with E-state index in [1.807, 2.05) is 36.7 Å². The lowest BCUT2D eigenvalue weighted by molar-refractivity contribution is 1.04. The number of rotatable bonds is 4. The number of hydrogen-bond donors (Lipinski definition) is 0. The predicted molar refractivity (Wildman–Crippen MR) is 98.2 cm³/mol. The highest BCUT2D eigenvalue weighted by molar-refractivity contribution is 5.75. The molecule has 2 aromatic carbocycles. The minimum absolute atomic E-state index is 1.08.